The number of nitro groups is 1. The van der Waals surface area contributed by atoms with Gasteiger partial charge in [0.1, 0.15) is 6.20 Å². The van der Waals surface area contributed by atoms with Gasteiger partial charge in [-0.15, -0.1) is 0 Å². The fraction of sp³-hybridized carbons (Fsp3) is 0.333. The van der Waals surface area contributed by atoms with E-state index in [2.05, 4.69) is 9.97 Å². The minimum absolute atomic E-state index is 0.0180. The van der Waals surface area contributed by atoms with E-state index in [-0.39, 0.29) is 24.2 Å². The summed E-state index contributed by atoms with van der Waals surface area (Å²) in [6.45, 7) is 2.95. The summed E-state index contributed by atoms with van der Waals surface area (Å²) in [5.41, 5.74) is 1.18. The van der Waals surface area contributed by atoms with Gasteiger partial charge in [-0.3, -0.25) is 14.5 Å². The van der Waals surface area contributed by atoms with Gasteiger partial charge in [-0.05, 0) is 58.3 Å². The Balaban J connectivity index is 1.49. The summed E-state index contributed by atoms with van der Waals surface area (Å²) < 4.78 is 28.2. The van der Waals surface area contributed by atoms with Gasteiger partial charge in [0.2, 0.25) is 0 Å². The van der Waals surface area contributed by atoms with Crippen LogP contribution in [0.25, 0.3) is 11.3 Å². The molecule has 12 heteroatoms. The molecule has 0 spiro atoms. The van der Waals surface area contributed by atoms with Gasteiger partial charge in [0.25, 0.3) is 0 Å². The maximum atomic E-state index is 13.6. The molecule has 1 aliphatic rings. The third-order valence-electron chi connectivity index (χ3n) is 5.37. The van der Waals surface area contributed by atoms with E-state index in [4.69, 9.17) is 23.2 Å². The van der Waals surface area contributed by atoms with Crippen molar-refractivity contribution in [3.8, 4) is 11.3 Å². The van der Waals surface area contributed by atoms with Crippen LogP contribution in [0.15, 0.2) is 30.5 Å². The highest BCUT2D eigenvalue weighted by atomic mass is 35.5. The molecule has 1 atom stereocenters. The van der Waals surface area contributed by atoms with Gasteiger partial charge in [-0.25, -0.2) is 8.78 Å². The van der Waals surface area contributed by atoms with Crippen molar-refractivity contribution in [2.45, 2.75) is 32.0 Å². The molecule has 0 amide bonds. The van der Waals surface area contributed by atoms with Crippen LogP contribution < -0.4 is 0 Å². The molecule has 33 heavy (non-hydrogen) atoms. The highest BCUT2D eigenvalue weighted by molar-refractivity contribution is 6.33. The summed E-state index contributed by atoms with van der Waals surface area (Å²) in [6, 6.07) is 5.27. The number of benzene rings is 1. The number of fused-ring (bicyclic) bond motifs is 1. The normalized spacial score (nSPS) is 15.8. The van der Waals surface area contributed by atoms with E-state index >= 15 is 0 Å². The van der Waals surface area contributed by atoms with E-state index in [0.717, 1.165) is 23.4 Å². The second-order valence-corrected chi connectivity index (χ2v) is 9.01. The largest absolute Gasteiger partial charge is 0.387 e. The van der Waals surface area contributed by atoms with Crippen LogP contribution in [0.2, 0.25) is 10.3 Å². The molecule has 174 valence electrons. The van der Waals surface area contributed by atoms with E-state index in [9.17, 15) is 24.0 Å². The van der Waals surface area contributed by atoms with Crippen LogP contribution in [0.3, 0.4) is 0 Å². The molecule has 1 N–H and O–H groups in total. The fourth-order valence-electron chi connectivity index (χ4n) is 3.96. The number of halogens is 4. The van der Waals surface area contributed by atoms with Crippen LogP contribution in [0.1, 0.15) is 18.2 Å². The lowest BCUT2D eigenvalue weighted by atomic mass is 10.00. The molecule has 0 fully saturated rings. The van der Waals surface area contributed by atoms with Crippen molar-refractivity contribution in [2.24, 2.45) is 0 Å². The van der Waals surface area contributed by atoms with Gasteiger partial charge in [-0.1, -0.05) is 11.6 Å². The highest BCUT2D eigenvalue weighted by Gasteiger charge is 2.30. The summed E-state index contributed by atoms with van der Waals surface area (Å²) in [5.74, 6) is -2.30. The third kappa shape index (κ3) is 5.14. The Bertz CT molecular complexity index is 1230. The highest BCUT2D eigenvalue weighted by Crippen LogP contribution is 2.31. The molecule has 3 heterocycles. The smallest absolute Gasteiger partial charge is 0.383 e. The summed E-state index contributed by atoms with van der Waals surface area (Å²) in [7, 11) is 0. The predicted molar refractivity (Wildman–Crippen MR) is 118 cm³/mol. The van der Waals surface area contributed by atoms with Crippen molar-refractivity contribution in [1.29, 1.82) is 0 Å². The van der Waals surface area contributed by atoms with Crippen molar-refractivity contribution >= 4 is 29.0 Å². The SMILES string of the molecule is CC(O)(CN1CCc2nc(-c3ccc(F)c(F)c3)c(Cl)cc2C1)Cn1cc([N+](=O)[O-])nc1Cl. The van der Waals surface area contributed by atoms with Crippen LogP contribution in [0, 0.1) is 21.7 Å². The number of nitrogens with zero attached hydrogens (tertiary/aromatic N) is 5. The van der Waals surface area contributed by atoms with Gasteiger partial charge < -0.3 is 15.2 Å². The van der Waals surface area contributed by atoms with Gasteiger partial charge in [-0.2, -0.15) is 0 Å². The number of imidazole rings is 1. The molecule has 3 aromatic rings. The Morgan fingerprint density at radius 1 is 1.21 bits per heavy atom. The van der Waals surface area contributed by atoms with E-state index < -0.39 is 22.2 Å². The van der Waals surface area contributed by atoms with Crippen molar-refractivity contribution in [2.75, 3.05) is 13.1 Å². The first-order valence-electron chi connectivity index (χ1n) is 9.98. The molecule has 2 aromatic heterocycles. The molecule has 1 aromatic carbocycles. The minimum atomic E-state index is -1.25. The van der Waals surface area contributed by atoms with Crippen LogP contribution in [0.4, 0.5) is 14.6 Å². The molecular weight excluding hydrogens is 479 g/mol. The Hall–Kier alpha value is -2.66. The van der Waals surface area contributed by atoms with Crippen molar-refractivity contribution in [3.63, 3.8) is 0 Å². The van der Waals surface area contributed by atoms with Crippen molar-refractivity contribution < 1.29 is 18.8 Å². The van der Waals surface area contributed by atoms with Crippen LogP contribution >= 0.6 is 23.2 Å². The molecule has 8 nitrogen and oxygen atoms in total. The quantitative estimate of drug-likeness (QED) is 0.403. The number of aromatic nitrogens is 3. The monoisotopic (exact) mass is 497 g/mol. The Morgan fingerprint density at radius 3 is 2.64 bits per heavy atom. The van der Waals surface area contributed by atoms with Gasteiger partial charge in [0.05, 0.1) is 22.9 Å². The first kappa shape index (κ1) is 23.5. The minimum Gasteiger partial charge on any atom is -0.387 e. The molecule has 0 saturated carbocycles. The number of hydrogen-bond donors (Lipinski definition) is 1. The lowest BCUT2D eigenvalue weighted by molar-refractivity contribution is -0.389. The Labute approximate surface area is 197 Å². The lowest BCUT2D eigenvalue weighted by Gasteiger charge is -2.34. The van der Waals surface area contributed by atoms with E-state index in [1.54, 1.807) is 13.0 Å². The third-order valence-corrected chi connectivity index (χ3v) is 5.96. The van der Waals surface area contributed by atoms with E-state index in [1.807, 2.05) is 4.90 Å². The number of pyridine rings is 1. The molecule has 0 bridgehead atoms. The van der Waals surface area contributed by atoms with E-state index in [1.165, 1.54) is 16.8 Å². The summed E-state index contributed by atoms with van der Waals surface area (Å²) in [5, 5.41) is 22.0. The topological polar surface area (TPSA) is 97.3 Å². The molecule has 0 saturated heterocycles. The number of aliphatic hydroxyl groups is 1. The van der Waals surface area contributed by atoms with Gasteiger partial charge in [0.15, 0.2) is 11.6 Å². The molecule has 0 aliphatic carbocycles. The molecule has 1 unspecified atom stereocenters. The van der Waals surface area contributed by atoms with E-state index in [0.29, 0.717) is 35.8 Å². The van der Waals surface area contributed by atoms with Crippen LogP contribution in [-0.4, -0.2) is 48.2 Å². The number of β-amino-alcohol motifs (C(OH)–C–C–N with tert-alkyl or cyclic N) is 1. The second kappa shape index (κ2) is 8.94. The lowest BCUT2D eigenvalue weighted by Crippen LogP contribution is -2.45. The summed E-state index contributed by atoms with van der Waals surface area (Å²) in [6.07, 6.45) is 1.75. The standard InChI is InChI=1S/C21H19Cl2F2N5O3/c1-21(31,11-29-9-18(30(32)33)27-20(29)23)10-28-5-4-17-13(8-28)6-14(22)19(26-17)12-2-3-15(24)16(25)7-12/h2-3,6-7,9,31H,4-5,8,10-11H2,1H3. The second-order valence-electron chi connectivity index (χ2n) is 8.26. The van der Waals surface area contributed by atoms with Gasteiger partial charge >= 0.3 is 11.1 Å². The van der Waals surface area contributed by atoms with Gasteiger partial charge in [0, 0.05) is 37.3 Å². The maximum absolute atomic E-state index is 13.6. The zero-order chi connectivity index (χ0) is 23.9. The molecule has 0 radical (unpaired) electrons. The average molecular weight is 498 g/mol. The van der Waals surface area contributed by atoms with Crippen LogP contribution in [-0.2, 0) is 19.5 Å². The first-order valence-corrected chi connectivity index (χ1v) is 10.7. The zero-order valence-electron chi connectivity index (χ0n) is 17.4. The average Bonchev–Trinajstić information content (AvgIpc) is 3.09. The predicted octanol–water partition coefficient (Wildman–Crippen LogP) is 4.25. The Morgan fingerprint density at radius 2 is 1.97 bits per heavy atom. The number of rotatable bonds is 6. The first-order chi connectivity index (χ1) is 15.5. The zero-order valence-corrected chi connectivity index (χ0v) is 18.9. The van der Waals surface area contributed by atoms with Crippen molar-refractivity contribution in [1.82, 2.24) is 19.4 Å². The fourth-order valence-corrected chi connectivity index (χ4v) is 4.44. The Kier molecular flexibility index (Phi) is 6.37. The maximum Gasteiger partial charge on any atom is 0.383 e. The molecule has 4 rings (SSSR count). The molecular formula is C21H19Cl2F2N5O3. The summed E-state index contributed by atoms with van der Waals surface area (Å²) >= 11 is 12.4. The van der Waals surface area contributed by atoms with Crippen LogP contribution in [0.5, 0.6) is 0 Å². The van der Waals surface area contributed by atoms with Crippen molar-refractivity contribution in [3.05, 3.63) is 73.8 Å². The number of hydrogen-bond acceptors (Lipinski definition) is 6. The summed E-state index contributed by atoms with van der Waals surface area (Å²) in [4.78, 5) is 20.5. The molecule has 1 aliphatic heterocycles.